The van der Waals surface area contributed by atoms with Crippen LogP contribution in [0.5, 0.6) is 0 Å². The van der Waals surface area contributed by atoms with Crippen LogP contribution in [0.2, 0.25) is 0 Å². The highest BCUT2D eigenvalue weighted by Gasteiger charge is 2.33. The average Bonchev–Trinajstić information content (AvgIpc) is 2.65. The number of rotatable bonds is 2. The normalized spacial score (nSPS) is 31.5. The van der Waals surface area contributed by atoms with E-state index in [2.05, 4.69) is 5.32 Å². The lowest BCUT2D eigenvalue weighted by atomic mass is 9.82. The van der Waals surface area contributed by atoms with Gasteiger partial charge in [0.05, 0.1) is 12.1 Å². The maximum absolute atomic E-state index is 11.0. The number of aliphatic hydroxyl groups excluding tert-OH is 1. The van der Waals surface area contributed by atoms with E-state index in [4.69, 9.17) is 0 Å². The molecule has 0 radical (unpaired) electrons. The first kappa shape index (κ1) is 9.97. The fourth-order valence-electron chi connectivity index (χ4n) is 2.70. The number of carbonyl (C=O) groups is 1. The molecule has 3 heteroatoms. The molecule has 80 valence electrons. The molecular formula is C11H19NO2. The summed E-state index contributed by atoms with van der Waals surface area (Å²) in [6.45, 7) is 0. The Morgan fingerprint density at radius 2 is 1.93 bits per heavy atom. The number of carbonyl (C=O) groups excluding carboxylic acids is 1. The number of amides is 1. The topological polar surface area (TPSA) is 49.3 Å². The largest absolute Gasteiger partial charge is 0.391 e. The smallest absolute Gasteiger partial charge is 0.220 e. The molecule has 2 N–H and O–H groups in total. The summed E-state index contributed by atoms with van der Waals surface area (Å²) < 4.78 is 0. The van der Waals surface area contributed by atoms with Crippen molar-refractivity contribution < 1.29 is 9.90 Å². The highest BCUT2D eigenvalue weighted by Crippen LogP contribution is 2.29. The van der Waals surface area contributed by atoms with E-state index in [1.165, 1.54) is 19.3 Å². The van der Waals surface area contributed by atoms with E-state index in [-0.39, 0.29) is 18.1 Å². The van der Waals surface area contributed by atoms with Gasteiger partial charge in [-0.3, -0.25) is 4.79 Å². The van der Waals surface area contributed by atoms with E-state index in [1.54, 1.807) is 0 Å². The van der Waals surface area contributed by atoms with Gasteiger partial charge in [0, 0.05) is 6.42 Å². The third-order valence-electron chi connectivity index (χ3n) is 3.57. The van der Waals surface area contributed by atoms with Crippen LogP contribution in [0.25, 0.3) is 0 Å². The monoisotopic (exact) mass is 197 g/mol. The van der Waals surface area contributed by atoms with Gasteiger partial charge in [-0.15, -0.1) is 0 Å². The molecule has 2 rings (SSSR count). The second-order valence-electron chi connectivity index (χ2n) is 4.60. The third-order valence-corrected chi connectivity index (χ3v) is 3.57. The zero-order chi connectivity index (χ0) is 9.97. The van der Waals surface area contributed by atoms with Crippen molar-refractivity contribution in [2.75, 3.05) is 0 Å². The molecule has 1 heterocycles. The van der Waals surface area contributed by atoms with Crippen molar-refractivity contribution in [1.29, 1.82) is 0 Å². The third kappa shape index (κ3) is 2.08. The van der Waals surface area contributed by atoms with Crippen LogP contribution in [0.1, 0.15) is 44.9 Å². The Hall–Kier alpha value is -0.570. The quantitative estimate of drug-likeness (QED) is 0.699. The Morgan fingerprint density at radius 1 is 1.21 bits per heavy atom. The van der Waals surface area contributed by atoms with Crippen molar-refractivity contribution in [2.24, 2.45) is 5.92 Å². The molecule has 1 aliphatic heterocycles. The molecule has 3 nitrogen and oxygen atoms in total. The molecule has 1 saturated carbocycles. The Bertz CT molecular complexity index is 211. The van der Waals surface area contributed by atoms with Gasteiger partial charge < -0.3 is 10.4 Å². The zero-order valence-corrected chi connectivity index (χ0v) is 8.54. The summed E-state index contributed by atoms with van der Waals surface area (Å²) in [5.41, 5.74) is 0. The van der Waals surface area contributed by atoms with Crippen molar-refractivity contribution in [1.82, 2.24) is 5.32 Å². The average molecular weight is 197 g/mol. The van der Waals surface area contributed by atoms with Gasteiger partial charge in [0.25, 0.3) is 0 Å². The molecule has 0 aromatic rings. The minimum atomic E-state index is -0.304. The predicted octanol–water partition coefficient (Wildman–Crippen LogP) is 1.21. The zero-order valence-electron chi connectivity index (χ0n) is 8.54. The Labute approximate surface area is 84.9 Å². The predicted molar refractivity (Wildman–Crippen MR) is 53.7 cm³/mol. The van der Waals surface area contributed by atoms with Gasteiger partial charge in [-0.25, -0.2) is 0 Å². The molecule has 2 atom stereocenters. The molecule has 2 fully saturated rings. The van der Waals surface area contributed by atoms with Gasteiger partial charge in [-0.2, -0.15) is 0 Å². The molecule has 14 heavy (non-hydrogen) atoms. The van der Waals surface area contributed by atoms with Gasteiger partial charge >= 0.3 is 0 Å². The number of nitrogens with one attached hydrogen (secondary N) is 1. The summed E-state index contributed by atoms with van der Waals surface area (Å²) in [6, 6.07) is 0.0330. The summed E-state index contributed by atoms with van der Waals surface area (Å²) in [7, 11) is 0. The molecular weight excluding hydrogens is 178 g/mol. The standard InChI is InChI=1S/C11H19NO2/c13-10-7-6-9(12-10)11(14)8-4-2-1-3-5-8/h8-9,11,14H,1-7H2,(H,12,13). The van der Waals surface area contributed by atoms with Gasteiger partial charge in [-0.1, -0.05) is 19.3 Å². The van der Waals surface area contributed by atoms with Crippen molar-refractivity contribution >= 4 is 5.91 Å². The van der Waals surface area contributed by atoms with Crippen LogP contribution in [-0.4, -0.2) is 23.2 Å². The Kier molecular flexibility index (Phi) is 3.06. The first-order valence-electron chi connectivity index (χ1n) is 5.75. The van der Waals surface area contributed by atoms with Crippen molar-refractivity contribution in [3.63, 3.8) is 0 Å². The minimum absolute atomic E-state index is 0.0330. The van der Waals surface area contributed by atoms with Crippen LogP contribution in [-0.2, 0) is 4.79 Å². The molecule has 1 saturated heterocycles. The molecule has 0 bridgehead atoms. The van der Waals surface area contributed by atoms with Crippen molar-refractivity contribution in [2.45, 2.75) is 57.1 Å². The molecule has 1 amide bonds. The lowest BCUT2D eigenvalue weighted by Gasteiger charge is -2.30. The summed E-state index contributed by atoms with van der Waals surface area (Å²) in [6.07, 6.45) is 7.15. The molecule has 2 aliphatic rings. The van der Waals surface area contributed by atoms with Gasteiger partial charge in [0.2, 0.25) is 5.91 Å². The first-order valence-corrected chi connectivity index (χ1v) is 5.75. The summed E-state index contributed by atoms with van der Waals surface area (Å²) in [5, 5.41) is 12.9. The van der Waals surface area contributed by atoms with Crippen LogP contribution in [0, 0.1) is 5.92 Å². The molecule has 1 aliphatic carbocycles. The molecule has 0 spiro atoms. The van der Waals surface area contributed by atoms with E-state index in [1.807, 2.05) is 0 Å². The van der Waals surface area contributed by atoms with E-state index < -0.39 is 0 Å². The highest BCUT2D eigenvalue weighted by atomic mass is 16.3. The van der Waals surface area contributed by atoms with Gasteiger partial charge in [0.1, 0.15) is 0 Å². The molecule has 2 unspecified atom stereocenters. The van der Waals surface area contributed by atoms with Crippen LogP contribution >= 0.6 is 0 Å². The van der Waals surface area contributed by atoms with Gasteiger partial charge in [-0.05, 0) is 25.2 Å². The van der Waals surface area contributed by atoms with Crippen LogP contribution < -0.4 is 5.32 Å². The first-order chi connectivity index (χ1) is 6.77. The van der Waals surface area contributed by atoms with E-state index >= 15 is 0 Å². The van der Waals surface area contributed by atoms with Gasteiger partial charge in [0.15, 0.2) is 0 Å². The van der Waals surface area contributed by atoms with Crippen LogP contribution in [0.15, 0.2) is 0 Å². The van der Waals surface area contributed by atoms with Crippen molar-refractivity contribution in [3.8, 4) is 0 Å². The maximum atomic E-state index is 11.0. The SMILES string of the molecule is O=C1CCC(C(O)C2CCCCC2)N1. The van der Waals surface area contributed by atoms with E-state index in [0.29, 0.717) is 12.3 Å². The van der Waals surface area contributed by atoms with Crippen LogP contribution in [0.3, 0.4) is 0 Å². The second-order valence-corrected chi connectivity index (χ2v) is 4.60. The number of aliphatic hydroxyl groups is 1. The van der Waals surface area contributed by atoms with Crippen LogP contribution in [0.4, 0.5) is 0 Å². The van der Waals surface area contributed by atoms with E-state index in [0.717, 1.165) is 19.3 Å². The fourth-order valence-corrected chi connectivity index (χ4v) is 2.70. The van der Waals surface area contributed by atoms with E-state index in [9.17, 15) is 9.90 Å². The fraction of sp³-hybridized carbons (Fsp3) is 0.909. The summed E-state index contributed by atoms with van der Waals surface area (Å²) >= 11 is 0. The summed E-state index contributed by atoms with van der Waals surface area (Å²) in [5.74, 6) is 0.525. The Morgan fingerprint density at radius 3 is 2.50 bits per heavy atom. The second kappa shape index (κ2) is 4.30. The summed E-state index contributed by atoms with van der Waals surface area (Å²) in [4.78, 5) is 11.0. The van der Waals surface area contributed by atoms with Crippen molar-refractivity contribution in [3.05, 3.63) is 0 Å². The minimum Gasteiger partial charge on any atom is -0.391 e. The highest BCUT2D eigenvalue weighted by molar-refractivity contribution is 5.78. The maximum Gasteiger partial charge on any atom is 0.220 e. The number of hydrogen-bond acceptors (Lipinski definition) is 2. The molecule has 0 aromatic heterocycles. The Balaban J connectivity index is 1.86. The molecule has 0 aromatic carbocycles. The lowest BCUT2D eigenvalue weighted by molar-refractivity contribution is -0.119. The lowest BCUT2D eigenvalue weighted by Crippen LogP contribution is -2.41. The number of hydrogen-bond donors (Lipinski definition) is 2.